The Bertz CT molecular complexity index is 7140. The molecule has 1 atom stereocenters. The van der Waals surface area contributed by atoms with E-state index in [1.165, 1.54) is 189 Å². The molecule has 2 nitrogen and oxygen atoms in total. The van der Waals surface area contributed by atoms with Crippen molar-refractivity contribution in [3.63, 3.8) is 0 Å². The van der Waals surface area contributed by atoms with Crippen LogP contribution in [0.25, 0.3) is 122 Å². The first-order chi connectivity index (χ1) is 58.0. The zero-order chi connectivity index (χ0) is 78.3. The van der Waals surface area contributed by atoms with Gasteiger partial charge in [0.2, 0.25) is 0 Å². The average Bonchev–Trinajstić information content (AvgIpc) is 1.52. The number of hydrogen-bond acceptors (Lipinski definition) is 2. The Morgan fingerprint density at radius 2 is 0.398 bits per heavy atom. The minimum absolute atomic E-state index is 0.199. The van der Waals surface area contributed by atoms with Crippen molar-refractivity contribution in [1.29, 1.82) is 0 Å². The number of fused-ring (bicyclic) bond motifs is 26. The third-order valence-corrected chi connectivity index (χ3v) is 27.5. The van der Waals surface area contributed by atoms with Gasteiger partial charge in [0.25, 0.3) is 0 Å². The molecule has 0 amide bonds. The Labute approximate surface area is 690 Å². The number of benzene rings is 18. The summed E-state index contributed by atoms with van der Waals surface area (Å²) in [5.74, 6) is 0. The molecule has 0 fully saturated rings. The predicted molar refractivity (Wildman–Crippen MR) is 491 cm³/mol. The summed E-state index contributed by atoms with van der Waals surface area (Å²) in [6.45, 7) is 9.66. The van der Waals surface area contributed by atoms with Crippen molar-refractivity contribution in [2.45, 2.75) is 49.4 Å². The molecule has 0 aromatic heterocycles. The highest BCUT2D eigenvalue weighted by atomic mass is 15.1. The van der Waals surface area contributed by atoms with Crippen LogP contribution in [0.4, 0.5) is 34.1 Å². The summed E-state index contributed by atoms with van der Waals surface area (Å²) < 4.78 is 0. The highest BCUT2D eigenvalue weighted by molar-refractivity contribution is 6.01. The number of rotatable bonds is 11. The fourth-order valence-electron chi connectivity index (χ4n) is 22.2. The topological polar surface area (TPSA) is 6.48 Å². The first kappa shape index (κ1) is 68.0. The fraction of sp³-hybridized carbons (Fsp3) is 0.0690. The summed E-state index contributed by atoms with van der Waals surface area (Å²) in [7, 11) is 0. The van der Waals surface area contributed by atoms with Crippen LogP contribution >= 0.6 is 0 Å². The van der Waals surface area contributed by atoms with Crippen molar-refractivity contribution in [2.75, 3.05) is 9.80 Å². The quantitative estimate of drug-likeness (QED) is 0.127. The van der Waals surface area contributed by atoms with Gasteiger partial charge in [0.05, 0.1) is 10.8 Å². The van der Waals surface area contributed by atoms with Gasteiger partial charge in [0, 0.05) is 45.0 Å². The highest BCUT2D eigenvalue weighted by Crippen LogP contribution is 2.67. The van der Waals surface area contributed by atoms with Crippen LogP contribution in [0.1, 0.15) is 94.5 Å². The second kappa shape index (κ2) is 25.5. The van der Waals surface area contributed by atoms with Crippen LogP contribution < -0.4 is 9.80 Å². The molecule has 118 heavy (non-hydrogen) atoms. The Kier molecular flexibility index (Phi) is 14.7. The largest absolute Gasteiger partial charge is 0.310 e. The van der Waals surface area contributed by atoms with Gasteiger partial charge in [-0.25, -0.2) is 0 Å². The van der Waals surface area contributed by atoms with E-state index in [4.69, 9.17) is 0 Å². The molecular weight excluding hydrogens is 1420 g/mol. The van der Waals surface area contributed by atoms with E-state index < -0.39 is 10.8 Å². The van der Waals surface area contributed by atoms with Gasteiger partial charge in [-0.2, -0.15) is 0 Å². The minimum atomic E-state index is -0.569. The second-order valence-corrected chi connectivity index (χ2v) is 34.1. The van der Waals surface area contributed by atoms with Gasteiger partial charge >= 0.3 is 0 Å². The average molecular weight is 1500 g/mol. The summed E-state index contributed by atoms with van der Waals surface area (Å²) in [6.07, 6.45) is 0. The van der Waals surface area contributed by atoms with Crippen molar-refractivity contribution in [1.82, 2.24) is 0 Å². The van der Waals surface area contributed by atoms with Gasteiger partial charge in [-0.1, -0.05) is 349 Å². The van der Waals surface area contributed by atoms with Crippen molar-refractivity contribution in [3.8, 4) is 122 Å². The SMILES string of the molecule is CC1(C)c2ccccc2-c2ccc(N(c3cc(-c4ccccc4)cc(-c4ccccc4)c3)c3ccc4c(c3)-c3ccccc3C43c4ccccc4-c4cc(-c5ccc6c(c5)C(C)(C)c5cc(N(c7ccc(-c8ccccc8-c8ccccc8)cc7)c7ccc8c(c7)-c7ccccc7C87c8ccccc8-c8ccccc87)ccc5-6)ccc43)cc21. The predicted octanol–water partition coefficient (Wildman–Crippen LogP) is 30.3. The molecule has 18 aromatic rings. The molecule has 0 heterocycles. The van der Waals surface area contributed by atoms with Crippen LogP contribution in [0, 0.1) is 0 Å². The molecule has 0 N–H and O–H groups in total. The first-order valence-corrected chi connectivity index (χ1v) is 41.6. The highest BCUT2D eigenvalue weighted by Gasteiger charge is 2.54. The smallest absolute Gasteiger partial charge is 0.0725 e. The maximum atomic E-state index is 2.53. The van der Waals surface area contributed by atoms with Gasteiger partial charge in [-0.3, -0.25) is 0 Å². The number of nitrogens with zero attached hydrogens (tertiary/aromatic N) is 2. The summed E-state index contributed by atoms with van der Waals surface area (Å²) in [4.78, 5) is 5.04. The van der Waals surface area contributed by atoms with E-state index in [9.17, 15) is 0 Å². The molecule has 0 saturated carbocycles. The van der Waals surface area contributed by atoms with Crippen LogP contribution in [-0.2, 0) is 21.7 Å². The van der Waals surface area contributed by atoms with Gasteiger partial charge in [0.1, 0.15) is 0 Å². The number of hydrogen-bond donors (Lipinski definition) is 0. The van der Waals surface area contributed by atoms with E-state index in [1.54, 1.807) is 0 Å². The third kappa shape index (κ3) is 9.63. The monoisotopic (exact) mass is 1500 g/mol. The van der Waals surface area contributed by atoms with E-state index in [-0.39, 0.29) is 10.8 Å². The van der Waals surface area contributed by atoms with Crippen molar-refractivity contribution in [3.05, 3.63) is 479 Å². The lowest BCUT2D eigenvalue weighted by Crippen LogP contribution is -2.25. The lowest BCUT2D eigenvalue weighted by molar-refractivity contribution is 0.660. The van der Waals surface area contributed by atoms with E-state index in [2.05, 4.69) is 450 Å². The summed E-state index contributed by atoms with van der Waals surface area (Å²) >= 11 is 0. The molecule has 2 spiro atoms. The maximum absolute atomic E-state index is 2.53. The minimum Gasteiger partial charge on any atom is -0.310 e. The summed E-state index contributed by atoms with van der Waals surface area (Å²) in [5.41, 5.74) is 48.4. The Balaban J connectivity index is 0.616. The normalized spacial score (nSPS) is 15.2. The summed E-state index contributed by atoms with van der Waals surface area (Å²) in [5, 5.41) is 0. The molecule has 0 aliphatic heterocycles. The molecule has 0 saturated heterocycles. The van der Waals surface area contributed by atoms with E-state index in [0.29, 0.717) is 0 Å². The van der Waals surface area contributed by atoms with Crippen LogP contribution in [0.15, 0.2) is 413 Å². The molecule has 24 rings (SSSR count). The molecule has 554 valence electrons. The van der Waals surface area contributed by atoms with Gasteiger partial charge in [-0.05, 0) is 280 Å². The van der Waals surface area contributed by atoms with Crippen LogP contribution in [0.2, 0.25) is 0 Å². The van der Waals surface area contributed by atoms with Crippen molar-refractivity contribution < 1.29 is 0 Å². The molecular formula is C116H80N2. The second-order valence-electron chi connectivity index (χ2n) is 34.1. The zero-order valence-corrected chi connectivity index (χ0v) is 66.2. The molecule has 6 aliphatic carbocycles. The lowest BCUT2D eigenvalue weighted by Gasteiger charge is -2.32. The molecule has 0 radical (unpaired) electrons. The van der Waals surface area contributed by atoms with Crippen LogP contribution in [0.3, 0.4) is 0 Å². The Morgan fingerprint density at radius 1 is 0.136 bits per heavy atom. The van der Waals surface area contributed by atoms with Gasteiger partial charge < -0.3 is 9.80 Å². The van der Waals surface area contributed by atoms with Crippen molar-refractivity contribution in [2.24, 2.45) is 0 Å². The standard InChI is InChI=1S/C116H80N2/c1-113(2)101-42-22-16-36-89(101)96-59-55-85(72-111(96)113)118(86-65-79(73-28-8-5-9-29-73)64-80(66-86)74-30-10-6-11-31-74)83-57-63-109-100(70-83)94-41-21-27-47-106(94)116(109)104-45-25-19-39-92(104)98-67-77(51-61-107(98)116)78-50-58-95-97-60-54-84(71-112(97)114(3,4)110(95)68-78)117(81-52-48-76(49-53-81)88-35-15-14-34-87(88)75-32-12-7-13-33-75)82-56-62-108-99(69-82)93-40-20-26-46-105(93)115(108)102-43-23-17-37-90(102)91-38-18-24-44-103(91)115/h5-72H,1-4H3. The fourth-order valence-corrected chi connectivity index (χ4v) is 22.2. The molecule has 1 unspecified atom stereocenters. The molecule has 6 aliphatic rings. The Morgan fingerprint density at radius 3 is 0.847 bits per heavy atom. The van der Waals surface area contributed by atoms with E-state index in [1.807, 2.05) is 0 Å². The Hall–Kier alpha value is -14.4. The maximum Gasteiger partial charge on any atom is 0.0725 e. The number of anilines is 6. The van der Waals surface area contributed by atoms with E-state index in [0.717, 1.165) is 34.1 Å². The first-order valence-electron chi connectivity index (χ1n) is 41.6. The van der Waals surface area contributed by atoms with Gasteiger partial charge in [-0.15, -0.1) is 0 Å². The zero-order valence-electron chi connectivity index (χ0n) is 66.2. The van der Waals surface area contributed by atoms with Gasteiger partial charge in [0.15, 0.2) is 0 Å². The van der Waals surface area contributed by atoms with Crippen LogP contribution in [0.5, 0.6) is 0 Å². The van der Waals surface area contributed by atoms with E-state index >= 15 is 0 Å². The van der Waals surface area contributed by atoms with Crippen LogP contribution in [-0.4, -0.2) is 0 Å². The molecule has 2 heteroatoms. The molecule has 0 bridgehead atoms. The summed E-state index contributed by atoms with van der Waals surface area (Å²) in [6, 6.07) is 157. The molecule has 18 aromatic carbocycles. The third-order valence-electron chi connectivity index (χ3n) is 27.5. The lowest BCUT2D eigenvalue weighted by atomic mass is 9.70. The van der Waals surface area contributed by atoms with Crippen molar-refractivity contribution >= 4 is 34.1 Å².